The van der Waals surface area contributed by atoms with Crippen LogP contribution in [-0.4, -0.2) is 17.6 Å². The normalized spacial score (nSPS) is 10.5. The molecule has 2 aromatic heterocycles. The first-order valence-corrected chi connectivity index (χ1v) is 8.16. The first kappa shape index (κ1) is 17.5. The minimum atomic E-state index is -0.339. The monoisotopic (exact) mass is 349 g/mol. The number of aromatic nitrogens is 1. The number of nitriles is 1. The quantitative estimate of drug-likeness (QED) is 0.740. The second kappa shape index (κ2) is 7.72. The van der Waals surface area contributed by atoms with Crippen molar-refractivity contribution in [3.8, 4) is 12.0 Å². The molecule has 1 amide bonds. The number of methoxy groups -OCH3 is 1. The number of rotatable bonds is 6. The summed E-state index contributed by atoms with van der Waals surface area (Å²) < 4.78 is 12.5. The summed E-state index contributed by atoms with van der Waals surface area (Å²) >= 11 is 0. The van der Waals surface area contributed by atoms with E-state index in [-0.39, 0.29) is 17.0 Å². The van der Waals surface area contributed by atoms with Crippen LogP contribution in [0.2, 0.25) is 0 Å². The number of hydrogen-bond acceptors (Lipinski definition) is 4. The molecule has 0 bridgehead atoms. The zero-order valence-electron chi connectivity index (χ0n) is 14.7. The molecule has 0 radical (unpaired) electrons. The predicted molar refractivity (Wildman–Crippen MR) is 95.8 cm³/mol. The zero-order valence-corrected chi connectivity index (χ0v) is 14.7. The Hall–Kier alpha value is -3.30. The maximum atomic E-state index is 12.7. The highest BCUT2D eigenvalue weighted by Gasteiger charge is 2.24. The van der Waals surface area contributed by atoms with E-state index in [2.05, 4.69) is 11.4 Å². The minimum absolute atomic E-state index is 0.223. The number of carbonyl (C=O) groups excluding carboxylic acids is 1. The van der Waals surface area contributed by atoms with Crippen LogP contribution >= 0.6 is 0 Å². The summed E-state index contributed by atoms with van der Waals surface area (Å²) in [6.07, 6.45) is 3.53. The van der Waals surface area contributed by atoms with Crippen LogP contribution in [0.25, 0.3) is 5.88 Å². The molecule has 0 aliphatic carbocycles. The van der Waals surface area contributed by atoms with Crippen LogP contribution < -0.4 is 5.32 Å². The van der Waals surface area contributed by atoms with E-state index in [4.69, 9.17) is 9.15 Å². The molecule has 0 aliphatic heterocycles. The van der Waals surface area contributed by atoms with Gasteiger partial charge in [-0.1, -0.05) is 24.3 Å². The Kier molecular flexibility index (Phi) is 5.20. The van der Waals surface area contributed by atoms with Gasteiger partial charge < -0.3 is 14.5 Å². The Morgan fingerprint density at radius 3 is 2.58 bits per heavy atom. The molecular weight excluding hydrogens is 330 g/mol. The molecule has 0 fully saturated rings. The summed E-state index contributed by atoms with van der Waals surface area (Å²) in [6, 6.07) is 13.5. The fourth-order valence-corrected chi connectivity index (χ4v) is 2.85. The lowest BCUT2D eigenvalue weighted by molar-refractivity contribution is 0.0948. The molecular formula is C20H19N3O3. The summed E-state index contributed by atoms with van der Waals surface area (Å²) in [7, 11) is 1.63. The molecule has 132 valence electrons. The fraction of sp³-hybridized carbons (Fsp3) is 0.200. The summed E-state index contributed by atoms with van der Waals surface area (Å²) in [5.41, 5.74) is 2.46. The number of nitrogens with zero attached hydrogens (tertiary/aromatic N) is 2. The summed E-state index contributed by atoms with van der Waals surface area (Å²) in [6.45, 7) is 2.49. The first-order chi connectivity index (χ1) is 12.7. The molecule has 0 aliphatic rings. The molecule has 2 heterocycles. The molecule has 0 saturated heterocycles. The van der Waals surface area contributed by atoms with Gasteiger partial charge in [-0.3, -0.25) is 9.36 Å². The van der Waals surface area contributed by atoms with Gasteiger partial charge in [0.15, 0.2) is 0 Å². The number of ether oxygens (including phenoxy) is 1. The average Bonchev–Trinajstić information content (AvgIpc) is 3.28. The molecule has 0 spiro atoms. The predicted octanol–water partition coefficient (Wildman–Crippen LogP) is 3.33. The maximum Gasteiger partial charge on any atom is 0.256 e. The largest absolute Gasteiger partial charge is 0.443 e. The highest BCUT2D eigenvalue weighted by Crippen LogP contribution is 2.25. The highest BCUT2D eigenvalue weighted by molar-refractivity contribution is 5.98. The number of benzene rings is 1. The lowest BCUT2D eigenvalue weighted by Crippen LogP contribution is -2.24. The molecule has 26 heavy (non-hydrogen) atoms. The molecule has 1 N–H and O–H groups in total. The first-order valence-electron chi connectivity index (χ1n) is 8.16. The number of carbonyl (C=O) groups is 1. The second-order valence-corrected chi connectivity index (χ2v) is 5.80. The number of amides is 1. The summed E-state index contributed by atoms with van der Waals surface area (Å²) in [5, 5.41) is 12.4. The lowest BCUT2D eigenvalue weighted by Gasteiger charge is -2.10. The number of nitrogens with one attached hydrogen (secondary N) is 1. The Bertz CT molecular complexity index is 949. The van der Waals surface area contributed by atoms with Crippen LogP contribution in [-0.2, 0) is 17.9 Å². The lowest BCUT2D eigenvalue weighted by atomic mass is 10.1. The van der Waals surface area contributed by atoms with E-state index in [1.54, 1.807) is 31.0 Å². The maximum absolute atomic E-state index is 12.7. The average molecular weight is 349 g/mol. The van der Waals surface area contributed by atoms with Gasteiger partial charge in [-0.05, 0) is 30.2 Å². The van der Waals surface area contributed by atoms with Crippen molar-refractivity contribution in [1.82, 2.24) is 9.88 Å². The smallest absolute Gasteiger partial charge is 0.256 e. The Labute approximate surface area is 151 Å². The van der Waals surface area contributed by atoms with Gasteiger partial charge in [-0.25, -0.2) is 0 Å². The van der Waals surface area contributed by atoms with Crippen LogP contribution in [0.15, 0.2) is 53.2 Å². The van der Waals surface area contributed by atoms with Crippen LogP contribution in [0, 0.1) is 18.3 Å². The molecule has 6 heteroatoms. The summed E-state index contributed by atoms with van der Waals surface area (Å²) in [4.78, 5) is 12.7. The van der Waals surface area contributed by atoms with Gasteiger partial charge in [-0.15, -0.1) is 0 Å². The Morgan fingerprint density at radius 1 is 1.23 bits per heavy atom. The van der Waals surface area contributed by atoms with Crippen molar-refractivity contribution >= 4 is 5.91 Å². The topological polar surface area (TPSA) is 80.2 Å². The Balaban J connectivity index is 1.84. The van der Waals surface area contributed by atoms with E-state index < -0.39 is 0 Å². The van der Waals surface area contributed by atoms with Gasteiger partial charge >= 0.3 is 0 Å². The fourth-order valence-electron chi connectivity index (χ4n) is 2.85. The molecule has 0 unspecified atom stereocenters. The van der Waals surface area contributed by atoms with Gasteiger partial charge in [0.1, 0.15) is 23.0 Å². The van der Waals surface area contributed by atoms with Crippen molar-refractivity contribution in [3.63, 3.8) is 0 Å². The second-order valence-electron chi connectivity index (χ2n) is 5.80. The highest BCUT2D eigenvalue weighted by atomic mass is 16.5. The standard InChI is InChI=1S/C20H19N3O3/c1-14-18(17(11-21)20(26-14)23-9-5-6-10-23)19(24)22-12-15-7-3-4-8-16(15)13-25-2/h3-10H,12-13H2,1-2H3,(H,22,24). The molecule has 3 aromatic rings. The van der Waals surface area contributed by atoms with E-state index in [0.29, 0.717) is 24.8 Å². The van der Waals surface area contributed by atoms with Gasteiger partial charge in [0.25, 0.3) is 5.91 Å². The third-order valence-corrected chi connectivity index (χ3v) is 4.10. The van der Waals surface area contributed by atoms with Crippen molar-refractivity contribution in [1.29, 1.82) is 5.26 Å². The van der Waals surface area contributed by atoms with Gasteiger partial charge in [-0.2, -0.15) is 5.26 Å². The minimum Gasteiger partial charge on any atom is -0.443 e. The molecule has 0 saturated carbocycles. The third-order valence-electron chi connectivity index (χ3n) is 4.10. The van der Waals surface area contributed by atoms with Crippen LogP contribution in [0.5, 0.6) is 0 Å². The van der Waals surface area contributed by atoms with Gasteiger partial charge in [0, 0.05) is 26.0 Å². The van der Waals surface area contributed by atoms with Crippen molar-refractivity contribution in [2.45, 2.75) is 20.1 Å². The molecule has 6 nitrogen and oxygen atoms in total. The van der Waals surface area contributed by atoms with Gasteiger partial charge in [0.05, 0.1) is 6.61 Å². The summed E-state index contributed by atoms with van der Waals surface area (Å²) in [5.74, 6) is 0.418. The zero-order chi connectivity index (χ0) is 18.5. The van der Waals surface area contributed by atoms with Crippen molar-refractivity contribution in [3.05, 3.63) is 76.8 Å². The number of furan rings is 1. The molecule has 0 atom stereocenters. The van der Waals surface area contributed by atoms with Crippen molar-refractivity contribution in [2.75, 3.05) is 7.11 Å². The Morgan fingerprint density at radius 2 is 1.92 bits per heavy atom. The number of aryl methyl sites for hydroxylation is 1. The van der Waals surface area contributed by atoms with E-state index in [9.17, 15) is 10.1 Å². The van der Waals surface area contributed by atoms with E-state index in [1.165, 1.54) is 0 Å². The van der Waals surface area contributed by atoms with E-state index >= 15 is 0 Å². The van der Waals surface area contributed by atoms with Gasteiger partial charge in [0.2, 0.25) is 5.88 Å². The van der Waals surface area contributed by atoms with Crippen LogP contribution in [0.1, 0.15) is 32.8 Å². The van der Waals surface area contributed by atoms with E-state index in [0.717, 1.165) is 11.1 Å². The number of hydrogen-bond donors (Lipinski definition) is 1. The van der Waals surface area contributed by atoms with Crippen molar-refractivity contribution in [2.24, 2.45) is 0 Å². The molecule has 1 aromatic carbocycles. The van der Waals surface area contributed by atoms with Crippen LogP contribution in [0.3, 0.4) is 0 Å². The SMILES string of the molecule is COCc1ccccc1CNC(=O)c1c(C)oc(-n2cccc2)c1C#N. The molecule has 3 rings (SSSR count). The van der Waals surface area contributed by atoms with E-state index in [1.807, 2.05) is 36.4 Å². The van der Waals surface area contributed by atoms with Crippen molar-refractivity contribution < 1.29 is 13.9 Å². The van der Waals surface area contributed by atoms with Crippen LogP contribution in [0.4, 0.5) is 0 Å². The third kappa shape index (κ3) is 3.39.